The van der Waals surface area contributed by atoms with Crippen LogP contribution in [0.1, 0.15) is 26.6 Å². The minimum Gasteiger partial charge on any atom is -0.347 e. The smallest absolute Gasteiger partial charge is 0.240 e. The Kier molecular flexibility index (Phi) is 3.70. The lowest BCUT2D eigenvalue weighted by molar-refractivity contribution is -0.134. The van der Waals surface area contributed by atoms with E-state index >= 15 is 0 Å². The normalized spacial score (nSPS) is 13.6. The zero-order valence-corrected chi connectivity index (χ0v) is 10.3. The molecule has 0 radical (unpaired) electrons. The lowest BCUT2D eigenvalue weighted by Crippen LogP contribution is -2.49. The van der Waals surface area contributed by atoms with Crippen molar-refractivity contribution < 1.29 is 4.79 Å². The molecule has 0 saturated carbocycles. The van der Waals surface area contributed by atoms with Crippen molar-refractivity contribution in [3.8, 4) is 0 Å². The molecule has 3 N–H and O–H groups in total. The van der Waals surface area contributed by atoms with E-state index in [1.165, 1.54) is 0 Å². The first kappa shape index (κ1) is 12.7. The van der Waals surface area contributed by atoms with Gasteiger partial charge in [0.25, 0.3) is 0 Å². The van der Waals surface area contributed by atoms with E-state index in [1.54, 1.807) is 24.3 Å². The van der Waals surface area contributed by atoms with Crippen LogP contribution in [-0.4, -0.2) is 33.9 Å². The maximum atomic E-state index is 12.0. The molecule has 1 rings (SSSR count). The van der Waals surface area contributed by atoms with Crippen LogP contribution in [0.3, 0.4) is 0 Å². The summed E-state index contributed by atoms with van der Waals surface area (Å²) in [6.07, 6.45) is 3.40. The van der Waals surface area contributed by atoms with E-state index in [0.29, 0.717) is 6.54 Å². The van der Waals surface area contributed by atoms with Gasteiger partial charge in [-0.3, -0.25) is 4.79 Å². The molecule has 0 fully saturated rings. The second-order valence-corrected chi connectivity index (χ2v) is 5.07. The molecule has 16 heavy (non-hydrogen) atoms. The number of carbonyl (C=O) groups is 1. The molecule has 0 aliphatic rings. The number of aromatic nitrogens is 2. The number of carbonyl (C=O) groups excluding carboxylic acids is 1. The van der Waals surface area contributed by atoms with Crippen molar-refractivity contribution in [1.29, 1.82) is 0 Å². The highest BCUT2D eigenvalue weighted by molar-refractivity contribution is 5.82. The van der Waals surface area contributed by atoms with E-state index in [9.17, 15) is 4.79 Å². The average molecular weight is 224 g/mol. The summed E-state index contributed by atoms with van der Waals surface area (Å²) in [6.45, 7) is 6.32. The molecule has 1 unspecified atom stereocenters. The van der Waals surface area contributed by atoms with Crippen molar-refractivity contribution in [3.63, 3.8) is 0 Å². The summed E-state index contributed by atoms with van der Waals surface area (Å²) in [5, 5.41) is 0. The highest BCUT2D eigenvalue weighted by Crippen LogP contribution is 2.19. The van der Waals surface area contributed by atoms with Crippen LogP contribution in [0.5, 0.6) is 0 Å². The van der Waals surface area contributed by atoms with E-state index in [1.807, 2.05) is 20.8 Å². The quantitative estimate of drug-likeness (QED) is 0.795. The number of nitrogens with zero attached hydrogens (tertiary/aromatic N) is 2. The van der Waals surface area contributed by atoms with Crippen LogP contribution in [0.25, 0.3) is 0 Å². The average Bonchev–Trinajstić information content (AvgIpc) is 2.66. The first-order valence-corrected chi connectivity index (χ1v) is 5.31. The fourth-order valence-corrected chi connectivity index (χ4v) is 1.29. The van der Waals surface area contributed by atoms with Crippen LogP contribution >= 0.6 is 0 Å². The van der Waals surface area contributed by atoms with Gasteiger partial charge in [0.2, 0.25) is 5.91 Å². The van der Waals surface area contributed by atoms with Crippen molar-refractivity contribution in [2.45, 2.75) is 33.4 Å². The topological polar surface area (TPSA) is 75.0 Å². The van der Waals surface area contributed by atoms with Crippen LogP contribution < -0.4 is 5.73 Å². The van der Waals surface area contributed by atoms with E-state index in [-0.39, 0.29) is 11.3 Å². The summed E-state index contributed by atoms with van der Waals surface area (Å²) >= 11 is 0. The van der Waals surface area contributed by atoms with Gasteiger partial charge in [-0.2, -0.15) is 0 Å². The fourth-order valence-electron chi connectivity index (χ4n) is 1.29. The number of hydrogen-bond acceptors (Lipinski definition) is 3. The van der Waals surface area contributed by atoms with E-state index in [2.05, 4.69) is 9.97 Å². The Hall–Kier alpha value is -1.36. The Bertz CT molecular complexity index is 339. The van der Waals surface area contributed by atoms with Gasteiger partial charge < -0.3 is 15.6 Å². The molecule has 1 amide bonds. The van der Waals surface area contributed by atoms with E-state index in [4.69, 9.17) is 5.73 Å². The van der Waals surface area contributed by atoms with Crippen LogP contribution in [0.2, 0.25) is 0 Å². The van der Waals surface area contributed by atoms with Crippen LogP contribution in [0, 0.1) is 5.41 Å². The number of imidazole rings is 1. The maximum Gasteiger partial charge on any atom is 0.240 e. The Morgan fingerprint density at radius 3 is 2.69 bits per heavy atom. The predicted octanol–water partition coefficient (Wildman–Crippen LogP) is 0.741. The fraction of sp³-hybridized carbons (Fsp3) is 0.636. The first-order chi connectivity index (χ1) is 7.32. The third-order valence-corrected chi connectivity index (χ3v) is 2.52. The molecule has 0 spiro atoms. The van der Waals surface area contributed by atoms with Crippen molar-refractivity contribution in [2.75, 3.05) is 7.05 Å². The zero-order valence-electron chi connectivity index (χ0n) is 10.3. The van der Waals surface area contributed by atoms with E-state index < -0.39 is 6.04 Å². The van der Waals surface area contributed by atoms with Crippen LogP contribution in [0.15, 0.2) is 12.4 Å². The first-order valence-electron chi connectivity index (χ1n) is 5.31. The molecule has 0 aliphatic heterocycles. The SMILES string of the molecule is CN(Cc1ncc[nH]1)C(=O)C(N)C(C)(C)C. The number of nitrogens with two attached hydrogens (primary N) is 1. The highest BCUT2D eigenvalue weighted by Gasteiger charge is 2.29. The van der Waals surface area contributed by atoms with Crippen molar-refractivity contribution >= 4 is 5.91 Å². The molecular formula is C11H20N4O. The van der Waals surface area contributed by atoms with Gasteiger partial charge >= 0.3 is 0 Å². The second kappa shape index (κ2) is 4.65. The van der Waals surface area contributed by atoms with Gasteiger partial charge in [-0.25, -0.2) is 4.98 Å². The van der Waals surface area contributed by atoms with Gasteiger partial charge in [0.05, 0.1) is 12.6 Å². The lowest BCUT2D eigenvalue weighted by Gasteiger charge is -2.29. The van der Waals surface area contributed by atoms with Gasteiger partial charge in [0.15, 0.2) is 0 Å². The number of rotatable bonds is 3. The molecule has 90 valence electrons. The molecule has 1 aromatic heterocycles. The van der Waals surface area contributed by atoms with Crippen LogP contribution in [0.4, 0.5) is 0 Å². The molecule has 0 bridgehead atoms. The minimum absolute atomic E-state index is 0.0658. The van der Waals surface area contributed by atoms with Crippen molar-refractivity contribution in [3.05, 3.63) is 18.2 Å². The molecule has 5 heteroatoms. The lowest BCUT2D eigenvalue weighted by atomic mass is 9.86. The third-order valence-electron chi connectivity index (χ3n) is 2.52. The van der Waals surface area contributed by atoms with E-state index in [0.717, 1.165) is 5.82 Å². The highest BCUT2D eigenvalue weighted by atomic mass is 16.2. The summed E-state index contributed by atoms with van der Waals surface area (Å²) in [4.78, 5) is 20.6. The van der Waals surface area contributed by atoms with Crippen molar-refractivity contribution in [2.24, 2.45) is 11.1 Å². The molecule has 0 aromatic carbocycles. The summed E-state index contributed by atoms with van der Waals surface area (Å²) in [7, 11) is 1.73. The van der Waals surface area contributed by atoms with Gasteiger partial charge in [-0.05, 0) is 5.41 Å². The summed E-state index contributed by atoms with van der Waals surface area (Å²) in [5.41, 5.74) is 5.67. The molecule has 1 heterocycles. The summed E-state index contributed by atoms with van der Waals surface area (Å²) in [6, 6.07) is -0.493. The monoisotopic (exact) mass is 224 g/mol. The molecule has 0 aliphatic carbocycles. The third kappa shape index (κ3) is 3.06. The Morgan fingerprint density at radius 1 is 1.62 bits per heavy atom. The predicted molar refractivity (Wildman–Crippen MR) is 62.5 cm³/mol. The van der Waals surface area contributed by atoms with Gasteiger partial charge in [0.1, 0.15) is 5.82 Å². The van der Waals surface area contributed by atoms with Gasteiger partial charge in [-0.15, -0.1) is 0 Å². The minimum atomic E-state index is -0.493. The number of likely N-dealkylation sites (N-methyl/N-ethyl adjacent to an activating group) is 1. The van der Waals surface area contributed by atoms with Gasteiger partial charge in [-0.1, -0.05) is 20.8 Å². The number of H-pyrrole nitrogens is 1. The summed E-state index contributed by atoms with van der Waals surface area (Å²) in [5.74, 6) is 0.695. The Labute approximate surface area is 96.0 Å². The largest absolute Gasteiger partial charge is 0.347 e. The number of hydrogen-bond donors (Lipinski definition) is 2. The van der Waals surface area contributed by atoms with Crippen LogP contribution in [-0.2, 0) is 11.3 Å². The molecule has 1 atom stereocenters. The molecular weight excluding hydrogens is 204 g/mol. The maximum absolute atomic E-state index is 12.0. The second-order valence-electron chi connectivity index (χ2n) is 5.07. The molecule has 0 saturated heterocycles. The Morgan fingerprint density at radius 2 is 2.25 bits per heavy atom. The Balaban J connectivity index is 2.61. The number of nitrogens with one attached hydrogen (secondary N) is 1. The van der Waals surface area contributed by atoms with Gasteiger partial charge in [0, 0.05) is 19.4 Å². The molecule has 5 nitrogen and oxygen atoms in total. The standard InChI is InChI=1S/C11H20N4O/c1-11(2,3)9(12)10(16)15(4)7-8-13-5-6-14-8/h5-6,9H,7,12H2,1-4H3,(H,13,14). The molecule has 1 aromatic rings. The zero-order chi connectivity index (χ0) is 12.3. The van der Waals surface area contributed by atoms with Crippen molar-refractivity contribution in [1.82, 2.24) is 14.9 Å². The number of aromatic amines is 1. The summed E-state index contributed by atoms with van der Waals surface area (Å²) < 4.78 is 0. The number of amides is 1.